The van der Waals surface area contributed by atoms with Crippen LogP contribution in [0.25, 0.3) is 0 Å². The minimum atomic E-state index is -3.56. The second-order valence-corrected chi connectivity index (χ2v) is 6.42. The Hall–Kier alpha value is -1.57. The lowest BCUT2D eigenvalue weighted by Crippen LogP contribution is -2.29. The molecule has 1 aromatic carbocycles. The number of sulfonamides is 1. The Kier molecular flexibility index (Phi) is 5.22. The zero-order valence-electron chi connectivity index (χ0n) is 12.2. The first-order valence-corrected chi connectivity index (χ1v) is 8.15. The molecule has 1 heterocycles. The Morgan fingerprint density at radius 2 is 2.00 bits per heavy atom. The van der Waals surface area contributed by atoms with Gasteiger partial charge in [-0.2, -0.15) is 0 Å². The van der Waals surface area contributed by atoms with Crippen LogP contribution >= 0.6 is 0 Å². The molecule has 2 N–H and O–H groups in total. The van der Waals surface area contributed by atoms with Crippen LogP contribution in [0.1, 0.15) is 6.42 Å². The van der Waals surface area contributed by atoms with Crippen LogP contribution in [-0.2, 0) is 10.0 Å². The number of nitrogens with one attached hydrogen (secondary N) is 2. The van der Waals surface area contributed by atoms with Gasteiger partial charge in [-0.3, -0.25) is 0 Å². The summed E-state index contributed by atoms with van der Waals surface area (Å²) in [4.78, 5) is 0.162. The first-order valence-electron chi connectivity index (χ1n) is 6.67. The van der Waals surface area contributed by atoms with Crippen molar-refractivity contribution >= 4 is 10.0 Å². The summed E-state index contributed by atoms with van der Waals surface area (Å²) in [6.07, 6.45) is 2.87. The van der Waals surface area contributed by atoms with E-state index >= 15 is 0 Å². The maximum absolute atomic E-state index is 12.3. The molecule has 0 spiro atoms. The van der Waals surface area contributed by atoms with Gasteiger partial charge in [0.2, 0.25) is 10.0 Å². The maximum Gasteiger partial charge on any atom is 0.240 e. The van der Waals surface area contributed by atoms with Crippen LogP contribution < -0.4 is 19.5 Å². The smallest absolute Gasteiger partial charge is 0.240 e. The normalized spacial score (nSPS) is 15.4. The third kappa shape index (κ3) is 3.96. The third-order valence-electron chi connectivity index (χ3n) is 3.31. The molecule has 0 atom stereocenters. The lowest BCUT2D eigenvalue weighted by molar-refractivity contribution is 0.354. The molecule has 1 aliphatic heterocycles. The fourth-order valence-electron chi connectivity index (χ4n) is 2.08. The first-order chi connectivity index (χ1) is 10.1. The number of hydrogen-bond donors (Lipinski definition) is 2. The molecule has 21 heavy (non-hydrogen) atoms. The molecule has 0 saturated heterocycles. The Morgan fingerprint density at radius 3 is 2.62 bits per heavy atom. The van der Waals surface area contributed by atoms with Gasteiger partial charge in [0, 0.05) is 19.2 Å². The van der Waals surface area contributed by atoms with E-state index in [1.165, 1.54) is 26.4 Å². The van der Waals surface area contributed by atoms with Gasteiger partial charge in [0.05, 0.1) is 19.1 Å². The van der Waals surface area contributed by atoms with E-state index < -0.39 is 10.0 Å². The number of hydrogen-bond acceptors (Lipinski definition) is 5. The minimum absolute atomic E-state index is 0.162. The Labute approximate surface area is 125 Å². The van der Waals surface area contributed by atoms with Crippen LogP contribution in [0.4, 0.5) is 0 Å². The van der Waals surface area contributed by atoms with E-state index in [0.717, 1.165) is 25.1 Å². The molecule has 1 aromatic rings. The molecule has 0 unspecified atom stereocenters. The van der Waals surface area contributed by atoms with E-state index in [1.807, 2.05) is 6.08 Å². The van der Waals surface area contributed by atoms with Crippen molar-refractivity contribution in [2.45, 2.75) is 11.3 Å². The highest BCUT2D eigenvalue weighted by Gasteiger charge is 2.17. The van der Waals surface area contributed by atoms with Crippen molar-refractivity contribution in [2.24, 2.45) is 0 Å². The van der Waals surface area contributed by atoms with Crippen LogP contribution in [-0.4, -0.2) is 42.3 Å². The quantitative estimate of drug-likeness (QED) is 0.763. The van der Waals surface area contributed by atoms with Crippen LogP contribution in [0.3, 0.4) is 0 Å². The van der Waals surface area contributed by atoms with E-state index in [0.29, 0.717) is 18.0 Å². The number of rotatable bonds is 6. The molecule has 6 nitrogen and oxygen atoms in total. The van der Waals surface area contributed by atoms with Gasteiger partial charge in [0.1, 0.15) is 0 Å². The van der Waals surface area contributed by atoms with E-state index in [9.17, 15) is 8.42 Å². The van der Waals surface area contributed by atoms with Crippen molar-refractivity contribution in [1.82, 2.24) is 10.0 Å². The summed E-state index contributed by atoms with van der Waals surface area (Å²) >= 11 is 0. The molecule has 0 saturated carbocycles. The Morgan fingerprint density at radius 1 is 1.24 bits per heavy atom. The molecule has 0 bridgehead atoms. The zero-order chi connectivity index (χ0) is 15.3. The number of methoxy groups -OCH3 is 2. The predicted molar refractivity (Wildman–Crippen MR) is 80.3 cm³/mol. The number of ether oxygens (including phenoxy) is 2. The molecular weight excluding hydrogens is 292 g/mol. The second-order valence-electron chi connectivity index (χ2n) is 4.66. The van der Waals surface area contributed by atoms with Crippen molar-refractivity contribution in [1.29, 1.82) is 0 Å². The maximum atomic E-state index is 12.3. The molecule has 0 aromatic heterocycles. The molecule has 116 valence electrons. The van der Waals surface area contributed by atoms with Gasteiger partial charge in [-0.1, -0.05) is 11.6 Å². The summed E-state index contributed by atoms with van der Waals surface area (Å²) in [6, 6.07) is 4.54. The van der Waals surface area contributed by atoms with Gasteiger partial charge >= 0.3 is 0 Å². The van der Waals surface area contributed by atoms with Gasteiger partial charge < -0.3 is 14.8 Å². The van der Waals surface area contributed by atoms with Crippen molar-refractivity contribution < 1.29 is 17.9 Å². The molecule has 0 fully saturated rings. The summed E-state index contributed by atoms with van der Waals surface area (Å²) < 4.78 is 37.4. The molecular formula is C14H20N2O4S. The van der Waals surface area contributed by atoms with E-state index in [2.05, 4.69) is 10.0 Å². The summed E-state index contributed by atoms with van der Waals surface area (Å²) in [6.45, 7) is 2.00. The van der Waals surface area contributed by atoms with Gasteiger partial charge in [-0.15, -0.1) is 0 Å². The van der Waals surface area contributed by atoms with Crippen LogP contribution in [0, 0.1) is 0 Å². The fraction of sp³-hybridized carbons (Fsp3) is 0.429. The van der Waals surface area contributed by atoms with Crippen LogP contribution in [0.15, 0.2) is 34.7 Å². The highest BCUT2D eigenvalue weighted by atomic mass is 32.2. The molecule has 2 rings (SSSR count). The zero-order valence-corrected chi connectivity index (χ0v) is 13.0. The van der Waals surface area contributed by atoms with E-state index in [-0.39, 0.29) is 4.90 Å². The fourth-order valence-corrected chi connectivity index (χ4v) is 3.14. The Bertz CT molecular complexity index is 626. The lowest BCUT2D eigenvalue weighted by Gasteiger charge is -2.15. The topological polar surface area (TPSA) is 76.7 Å². The lowest BCUT2D eigenvalue weighted by atomic mass is 10.1. The summed E-state index contributed by atoms with van der Waals surface area (Å²) in [5.41, 5.74) is 1.10. The summed E-state index contributed by atoms with van der Waals surface area (Å²) in [7, 11) is -0.582. The molecule has 1 aliphatic rings. The highest BCUT2D eigenvalue weighted by Crippen LogP contribution is 2.29. The Balaban J connectivity index is 2.13. The first kappa shape index (κ1) is 15.8. The largest absolute Gasteiger partial charge is 0.493 e. The standard InChI is InChI=1S/C14H20N2O4S/c1-19-13-4-3-12(9-14(13)20-2)21(17,18)16-10-11-5-7-15-8-6-11/h3-5,9,15-16H,6-8,10H2,1-2H3. The molecule has 0 amide bonds. The van der Waals surface area contributed by atoms with Crippen molar-refractivity contribution in [3.63, 3.8) is 0 Å². The van der Waals surface area contributed by atoms with Gasteiger partial charge in [0.15, 0.2) is 11.5 Å². The van der Waals surface area contributed by atoms with E-state index in [1.54, 1.807) is 6.07 Å². The van der Waals surface area contributed by atoms with Crippen LogP contribution in [0.2, 0.25) is 0 Å². The van der Waals surface area contributed by atoms with Crippen LogP contribution in [0.5, 0.6) is 11.5 Å². The van der Waals surface area contributed by atoms with E-state index in [4.69, 9.17) is 9.47 Å². The molecule has 0 aliphatic carbocycles. The predicted octanol–water partition coefficient (Wildman–Crippen LogP) is 0.902. The van der Waals surface area contributed by atoms with Crippen molar-refractivity contribution in [3.05, 3.63) is 29.8 Å². The minimum Gasteiger partial charge on any atom is -0.493 e. The highest BCUT2D eigenvalue weighted by molar-refractivity contribution is 7.89. The average molecular weight is 312 g/mol. The van der Waals surface area contributed by atoms with Gasteiger partial charge in [-0.05, 0) is 25.1 Å². The molecule has 7 heteroatoms. The monoisotopic (exact) mass is 312 g/mol. The average Bonchev–Trinajstić information content (AvgIpc) is 2.53. The van der Waals surface area contributed by atoms with Crippen molar-refractivity contribution in [2.75, 3.05) is 33.9 Å². The third-order valence-corrected chi connectivity index (χ3v) is 4.71. The SMILES string of the molecule is COc1ccc(S(=O)(=O)NCC2=CCNCC2)cc1OC. The molecule has 0 radical (unpaired) electrons. The van der Waals surface area contributed by atoms with Gasteiger partial charge in [0.25, 0.3) is 0 Å². The summed E-state index contributed by atoms with van der Waals surface area (Å²) in [5, 5.41) is 3.19. The summed E-state index contributed by atoms with van der Waals surface area (Å²) in [5.74, 6) is 0.888. The van der Waals surface area contributed by atoms with Crippen molar-refractivity contribution in [3.8, 4) is 11.5 Å². The van der Waals surface area contributed by atoms with Gasteiger partial charge in [-0.25, -0.2) is 13.1 Å². The second kappa shape index (κ2) is 6.93. The number of benzene rings is 1.